The summed E-state index contributed by atoms with van der Waals surface area (Å²) in [4.78, 5) is 10.9. The summed E-state index contributed by atoms with van der Waals surface area (Å²) in [6.07, 6.45) is 1.44. The van der Waals surface area contributed by atoms with E-state index < -0.39 is 0 Å². The van der Waals surface area contributed by atoms with Crippen molar-refractivity contribution in [3.8, 4) is 0 Å². The number of hydrogen-bond acceptors (Lipinski definition) is 3. The van der Waals surface area contributed by atoms with E-state index in [1.807, 2.05) is 0 Å². The fourth-order valence-electron chi connectivity index (χ4n) is 1.25. The number of methoxy groups -OCH3 is 1. The number of ether oxygens (including phenoxy) is 1. The molecule has 13 heavy (non-hydrogen) atoms. The van der Waals surface area contributed by atoms with Crippen molar-refractivity contribution in [2.24, 2.45) is 17.6 Å². The van der Waals surface area contributed by atoms with Crippen LogP contribution in [0.5, 0.6) is 0 Å². The van der Waals surface area contributed by atoms with E-state index in [0.717, 1.165) is 6.42 Å². The normalized spacial score (nSPS) is 12.1. The SMILES string of the molecule is COC(=O)CC(CN)CC(C)C.Cl. The highest BCUT2D eigenvalue weighted by Crippen LogP contribution is 2.14. The zero-order chi connectivity index (χ0) is 9.56. The van der Waals surface area contributed by atoms with Crippen molar-refractivity contribution in [1.82, 2.24) is 0 Å². The zero-order valence-corrected chi connectivity index (χ0v) is 9.39. The van der Waals surface area contributed by atoms with E-state index in [2.05, 4.69) is 18.6 Å². The van der Waals surface area contributed by atoms with Gasteiger partial charge in [0.2, 0.25) is 0 Å². The lowest BCUT2D eigenvalue weighted by Gasteiger charge is -2.15. The van der Waals surface area contributed by atoms with Gasteiger partial charge in [-0.1, -0.05) is 13.8 Å². The Morgan fingerprint density at radius 1 is 1.46 bits per heavy atom. The summed E-state index contributed by atoms with van der Waals surface area (Å²) in [6.45, 7) is 4.81. The standard InChI is InChI=1S/C9H19NO2.ClH/c1-7(2)4-8(6-10)5-9(11)12-3;/h7-8H,4-6,10H2,1-3H3;1H. The molecule has 4 heteroatoms. The van der Waals surface area contributed by atoms with Gasteiger partial charge < -0.3 is 10.5 Å². The molecule has 0 aromatic carbocycles. The maximum absolute atomic E-state index is 10.9. The minimum absolute atomic E-state index is 0. The third kappa shape index (κ3) is 8.06. The van der Waals surface area contributed by atoms with E-state index in [1.54, 1.807) is 0 Å². The number of carbonyl (C=O) groups excluding carboxylic acids is 1. The van der Waals surface area contributed by atoms with E-state index in [4.69, 9.17) is 5.73 Å². The van der Waals surface area contributed by atoms with Crippen LogP contribution >= 0.6 is 12.4 Å². The van der Waals surface area contributed by atoms with Crippen LogP contribution in [0.1, 0.15) is 26.7 Å². The average molecular weight is 210 g/mol. The van der Waals surface area contributed by atoms with Gasteiger partial charge in [0, 0.05) is 6.42 Å². The van der Waals surface area contributed by atoms with Gasteiger partial charge in [0.25, 0.3) is 0 Å². The van der Waals surface area contributed by atoms with Crippen molar-refractivity contribution >= 4 is 18.4 Å². The van der Waals surface area contributed by atoms with E-state index in [-0.39, 0.29) is 24.3 Å². The molecule has 0 heterocycles. The van der Waals surface area contributed by atoms with Gasteiger partial charge in [0.05, 0.1) is 7.11 Å². The molecule has 0 saturated heterocycles. The molecule has 0 aromatic heterocycles. The first-order valence-electron chi connectivity index (χ1n) is 4.37. The third-order valence-corrected chi connectivity index (χ3v) is 1.82. The van der Waals surface area contributed by atoms with E-state index in [1.165, 1.54) is 7.11 Å². The summed E-state index contributed by atoms with van der Waals surface area (Å²) in [5, 5.41) is 0. The second kappa shape index (κ2) is 8.32. The van der Waals surface area contributed by atoms with Crippen LogP contribution in [0, 0.1) is 11.8 Å². The number of nitrogens with two attached hydrogens (primary N) is 1. The molecule has 2 N–H and O–H groups in total. The molecular formula is C9H20ClNO2. The first kappa shape index (κ1) is 15.2. The van der Waals surface area contributed by atoms with Crippen LogP contribution in [0.3, 0.4) is 0 Å². The van der Waals surface area contributed by atoms with Gasteiger partial charge in [-0.15, -0.1) is 12.4 Å². The molecule has 0 spiro atoms. The van der Waals surface area contributed by atoms with Crippen LogP contribution in [0.4, 0.5) is 0 Å². The molecule has 0 amide bonds. The van der Waals surface area contributed by atoms with Gasteiger partial charge in [-0.05, 0) is 24.8 Å². The fourth-order valence-corrected chi connectivity index (χ4v) is 1.25. The van der Waals surface area contributed by atoms with Crippen LogP contribution in [-0.2, 0) is 9.53 Å². The van der Waals surface area contributed by atoms with Crippen LogP contribution < -0.4 is 5.73 Å². The summed E-state index contributed by atoms with van der Waals surface area (Å²) in [5.74, 6) is 0.701. The zero-order valence-electron chi connectivity index (χ0n) is 8.58. The van der Waals surface area contributed by atoms with Crippen LogP contribution in [-0.4, -0.2) is 19.6 Å². The molecule has 0 saturated carbocycles. The summed E-state index contributed by atoms with van der Waals surface area (Å²) in [7, 11) is 1.41. The predicted molar refractivity (Wildman–Crippen MR) is 55.9 cm³/mol. The lowest BCUT2D eigenvalue weighted by Crippen LogP contribution is -2.20. The number of carbonyl (C=O) groups is 1. The Morgan fingerprint density at radius 3 is 2.31 bits per heavy atom. The van der Waals surface area contributed by atoms with Crippen LogP contribution in [0.25, 0.3) is 0 Å². The Kier molecular flexibility index (Phi) is 9.74. The summed E-state index contributed by atoms with van der Waals surface area (Å²) in [5.41, 5.74) is 5.52. The van der Waals surface area contributed by atoms with Crippen molar-refractivity contribution in [1.29, 1.82) is 0 Å². The van der Waals surface area contributed by atoms with Crippen molar-refractivity contribution in [2.75, 3.05) is 13.7 Å². The van der Waals surface area contributed by atoms with E-state index >= 15 is 0 Å². The predicted octanol–water partition coefficient (Wildman–Crippen LogP) is 1.59. The van der Waals surface area contributed by atoms with Gasteiger partial charge in [-0.2, -0.15) is 0 Å². The van der Waals surface area contributed by atoms with E-state index in [0.29, 0.717) is 18.9 Å². The maximum atomic E-state index is 10.9. The van der Waals surface area contributed by atoms with Crippen LogP contribution in [0.2, 0.25) is 0 Å². The Balaban J connectivity index is 0. The minimum Gasteiger partial charge on any atom is -0.469 e. The average Bonchev–Trinajstić information content (AvgIpc) is 2.02. The van der Waals surface area contributed by atoms with Gasteiger partial charge in [0.15, 0.2) is 0 Å². The fraction of sp³-hybridized carbons (Fsp3) is 0.889. The topological polar surface area (TPSA) is 52.3 Å². The number of esters is 1. The number of hydrogen-bond donors (Lipinski definition) is 1. The van der Waals surface area contributed by atoms with Crippen molar-refractivity contribution in [2.45, 2.75) is 26.7 Å². The second-order valence-electron chi connectivity index (χ2n) is 3.51. The summed E-state index contributed by atoms with van der Waals surface area (Å²) >= 11 is 0. The number of halogens is 1. The smallest absolute Gasteiger partial charge is 0.305 e. The lowest BCUT2D eigenvalue weighted by molar-refractivity contribution is -0.141. The molecule has 0 fully saturated rings. The Labute approximate surface area is 86.4 Å². The van der Waals surface area contributed by atoms with Gasteiger partial charge in [-0.3, -0.25) is 4.79 Å². The highest BCUT2D eigenvalue weighted by atomic mass is 35.5. The quantitative estimate of drug-likeness (QED) is 0.700. The molecule has 80 valence electrons. The Morgan fingerprint density at radius 2 is 2.00 bits per heavy atom. The molecule has 1 unspecified atom stereocenters. The molecule has 0 bridgehead atoms. The van der Waals surface area contributed by atoms with Crippen molar-refractivity contribution in [3.63, 3.8) is 0 Å². The molecule has 0 aliphatic rings. The van der Waals surface area contributed by atoms with Gasteiger partial charge in [0.1, 0.15) is 0 Å². The number of rotatable bonds is 5. The molecule has 0 rings (SSSR count). The highest BCUT2D eigenvalue weighted by Gasteiger charge is 2.13. The largest absolute Gasteiger partial charge is 0.469 e. The molecule has 0 radical (unpaired) electrons. The minimum atomic E-state index is -0.161. The molecular weight excluding hydrogens is 190 g/mol. The molecule has 0 aromatic rings. The summed E-state index contributed by atoms with van der Waals surface area (Å²) < 4.78 is 4.57. The Bertz CT molecular complexity index is 140. The second-order valence-corrected chi connectivity index (χ2v) is 3.51. The van der Waals surface area contributed by atoms with Crippen molar-refractivity contribution < 1.29 is 9.53 Å². The lowest BCUT2D eigenvalue weighted by atomic mass is 9.94. The molecule has 1 atom stereocenters. The van der Waals surface area contributed by atoms with Crippen molar-refractivity contribution in [3.05, 3.63) is 0 Å². The third-order valence-electron chi connectivity index (χ3n) is 1.82. The molecule has 0 aliphatic heterocycles. The monoisotopic (exact) mass is 209 g/mol. The first-order valence-corrected chi connectivity index (χ1v) is 4.37. The van der Waals surface area contributed by atoms with Crippen LogP contribution in [0.15, 0.2) is 0 Å². The highest BCUT2D eigenvalue weighted by molar-refractivity contribution is 5.85. The van der Waals surface area contributed by atoms with E-state index in [9.17, 15) is 4.79 Å². The molecule has 0 aliphatic carbocycles. The maximum Gasteiger partial charge on any atom is 0.305 e. The van der Waals surface area contributed by atoms with Gasteiger partial charge >= 0.3 is 5.97 Å². The van der Waals surface area contributed by atoms with Gasteiger partial charge in [-0.25, -0.2) is 0 Å². The Hall–Kier alpha value is -0.280. The summed E-state index contributed by atoms with van der Waals surface area (Å²) in [6, 6.07) is 0. The molecule has 3 nitrogen and oxygen atoms in total. The first-order chi connectivity index (χ1) is 5.60.